The van der Waals surface area contributed by atoms with E-state index in [0.717, 1.165) is 17.2 Å². The van der Waals surface area contributed by atoms with Crippen molar-refractivity contribution in [3.63, 3.8) is 0 Å². The van der Waals surface area contributed by atoms with Crippen LogP contribution in [0.2, 0.25) is 0 Å². The second kappa shape index (κ2) is 9.06. The predicted molar refractivity (Wildman–Crippen MR) is 202 cm³/mol. The van der Waals surface area contributed by atoms with Crippen molar-refractivity contribution in [1.29, 1.82) is 0 Å². The van der Waals surface area contributed by atoms with Crippen LogP contribution in [0, 0.1) is 0 Å². The maximum absolute atomic E-state index is 7.18. The van der Waals surface area contributed by atoms with Crippen molar-refractivity contribution < 1.29 is 4.74 Å². The summed E-state index contributed by atoms with van der Waals surface area (Å²) in [5.41, 5.74) is 15.2. The molecular formula is C42H24B2N2OS. The molecular weight excluding hydrogens is 602 g/mol. The SMILES string of the molecule is c1ccc(N2c3ccccc3B3c4ccccc4Oc4c5c6c(c2c43)-n2c3ccccc3c3cccc(c32)B6c2ccccc2S5)cc1. The fourth-order valence-electron chi connectivity index (χ4n) is 9.12. The van der Waals surface area contributed by atoms with Crippen molar-refractivity contribution in [1.82, 2.24) is 4.57 Å². The Balaban J connectivity index is 1.35. The first-order valence-electron chi connectivity index (χ1n) is 16.6. The molecule has 4 aliphatic rings. The quantitative estimate of drug-likeness (QED) is 0.194. The van der Waals surface area contributed by atoms with Crippen LogP contribution in [0.25, 0.3) is 27.5 Å². The van der Waals surface area contributed by atoms with Crippen LogP contribution in [0.3, 0.4) is 0 Å². The standard InChI is InChI=1S/C42H24B2N2OS/c1-2-13-25(14-3-1)45-33-22-9-5-17-28(33)43-29-18-6-10-23-34(29)47-41-36(43)39(45)40-37-42(41)48-35-24-11-7-19-30(35)44(37)31-20-12-16-27-26-15-4-8-21-32(26)46(40)38(27)31/h1-24H. The summed E-state index contributed by atoms with van der Waals surface area (Å²) in [5.74, 6) is 1.95. The maximum atomic E-state index is 7.18. The van der Waals surface area contributed by atoms with Gasteiger partial charge < -0.3 is 14.2 Å². The van der Waals surface area contributed by atoms with E-state index >= 15 is 0 Å². The van der Waals surface area contributed by atoms with Crippen molar-refractivity contribution >= 4 is 96.8 Å². The minimum Gasteiger partial charge on any atom is -0.457 e. The Kier molecular flexibility index (Phi) is 4.81. The van der Waals surface area contributed by atoms with Crippen LogP contribution in [0.1, 0.15) is 0 Å². The van der Waals surface area contributed by atoms with Gasteiger partial charge in [-0.25, -0.2) is 0 Å². The molecule has 48 heavy (non-hydrogen) atoms. The van der Waals surface area contributed by atoms with Crippen molar-refractivity contribution in [2.24, 2.45) is 0 Å². The topological polar surface area (TPSA) is 17.4 Å². The van der Waals surface area contributed by atoms with Crippen molar-refractivity contribution in [2.45, 2.75) is 9.79 Å². The van der Waals surface area contributed by atoms with E-state index in [-0.39, 0.29) is 13.4 Å². The number of rotatable bonds is 1. The largest absolute Gasteiger partial charge is 0.457 e. The number of hydrogen-bond acceptors (Lipinski definition) is 3. The van der Waals surface area contributed by atoms with Crippen LogP contribution in [0.15, 0.2) is 155 Å². The van der Waals surface area contributed by atoms with Gasteiger partial charge in [-0.3, -0.25) is 0 Å². The fourth-order valence-corrected chi connectivity index (χ4v) is 10.4. The number of hydrogen-bond donors (Lipinski definition) is 0. The Bertz CT molecular complexity index is 2720. The molecule has 0 atom stereocenters. The van der Waals surface area contributed by atoms with Crippen LogP contribution >= 0.6 is 11.8 Å². The third-order valence-electron chi connectivity index (χ3n) is 10.9. The van der Waals surface area contributed by atoms with E-state index in [2.05, 4.69) is 155 Å². The van der Waals surface area contributed by atoms with Crippen molar-refractivity contribution in [2.75, 3.05) is 4.90 Å². The second-order valence-corrected chi connectivity index (χ2v) is 14.2. The summed E-state index contributed by atoms with van der Waals surface area (Å²) < 4.78 is 9.78. The molecule has 7 aromatic carbocycles. The minimum absolute atomic E-state index is 0.0309. The Morgan fingerprint density at radius 2 is 1.21 bits per heavy atom. The summed E-state index contributed by atoms with van der Waals surface area (Å²) >= 11 is 1.88. The highest BCUT2D eigenvalue weighted by molar-refractivity contribution is 8.00. The highest BCUT2D eigenvalue weighted by Crippen LogP contribution is 2.50. The van der Waals surface area contributed by atoms with E-state index in [0.29, 0.717) is 0 Å². The molecule has 4 aliphatic heterocycles. The van der Waals surface area contributed by atoms with E-state index in [1.807, 2.05) is 11.8 Å². The Labute approximate surface area is 282 Å². The highest BCUT2D eigenvalue weighted by atomic mass is 32.2. The zero-order valence-electron chi connectivity index (χ0n) is 25.7. The number of benzene rings is 7. The maximum Gasteiger partial charge on any atom is 0.256 e. The lowest BCUT2D eigenvalue weighted by atomic mass is 9.32. The Morgan fingerprint density at radius 1 is 0.521 bits per heavy atom. The first kappa shape index (κ1) is 25.5. The molecule has 0 saturated carbocycles. The number of ether oxygens (including phenoxy) is 1. The van der Waals surface area contributed by atoms with Gasteiger partial charge in [-0.1, -0.05) is 126 Å². The molecule has 5 heterocycles. The van der Waals surface area contributed by atoms with Gasteiger partial charge in [0.15, 0.2) is 0 Å². The molecule has 0 amide bonds. The normalized spacial score (nSPS) is 14.2. The zero-order chi connectivity index (χ0) is 31.1. The van der Waals surface area contributed by atoms with Gasteiger partial charge in [-0.15, -0.1) is 0 Å². The van der Waals surface area contributed by atoms with Gasteiger partial charge >= 0.3 is 0 Å². The average molecular weight is 626 g/mol. The molecule has 8 aromatic rings. The van der Waals surface area contributed by atoms with Crippen LogP contribution < -0.4 is 42.4 Å². The Hall–Kier alpha value is -5.58. The van der Waals surface area contributed by atoms with Gasteiger partial charge in [0.25, 0.3) is 6.71 Å². The second-order valence-electron chi connectivity index (χ2n) is 13.2. The highest BCUT2D eigenvalue weighted by Gasteiger charge is 2.50. The van der Waals surface area contributed by atoms with Gasteiger partial charge in [0.2, 0.25) is 6.71 Å². The van der Waals surface area contributed by atoms with Gasteiger partial charge in [0.1, 0.15) is 11.5 Å². The first-order chi connectivity index (χ1) is 23.9. The summed E-state index contributed by atoms with van der Waals surface area (Å²) in [6, 6.07) is 53.4. The Morgan fingerprint density at radius 3 is 2.12 bits per heavy atom. The summed E-state index contributed by atoms with van der Waals surface area (Å²) in [4.78, 5) is 5.06. The van der Waals surface area contributed by atoms with Gasteiger partial charge in [0.05, 0.1) is 21.8 Å². The third kappa shape index (κ3) is 3.01. The number of aromatic nitrogens is 1. The molecule has 6 heteroatoms. The van der Waals surface area contributed by atoms with Crippen LogP contribution in [-0.4, -0.2) is 18.0 Å². The summed E-state index contributed by atoms with van der Waals surface area (Å²) in [6.07, 6.45) is 0. The monoisotopic (exact) mass is 626 g/mol. The van der Waals surface area contributed by atoms with Gasteiger partial charge in [0, 0.05) is 38.0 Å². The molecule has 0 spiro atoms. The molecule has 0 fully saturated rings. The molecule has 0 aliphatic carbocycles. The van der Waals surface area contributed by atoms with Crippen molar-refractivity contribution in [3.8, 4) is 17.2 Å². The molecule has 1 aromatic heterocycles. The summed E-state index contributed by atoms with van der Waals surface area (Å²) in [6.45, 7) is 0.104. The van der Waals surface area contributed by atoms with Crippen LogP contribution in [0.5, 0.6) is 11.5 Å². The molecule has 0 bridgehead atoms. The summed E-state index contributed by atoms with van der Waals surface area (Å²) in [5, 5.41) is 2.59. The molecule has 220 valence electrons. The van der Waals surface area contributed by atoms with E-state index in [9.17, 15) is 0 Å². The zero-order valence-corrected chi connectivity index (χ0v) is 26.5. The number of fused-ring (bicyclic) bond motifs is 13. The van der Waals surface area contributed by atoms with Crippen molar-refractivity contribution in [3.05, 3.63) is 146 Å². The predicted octanol–water partition coefficient (Wildman–Crippen LogP) is 6.48. The van der Waals surface area contributed by atoms with E-state index < -0.39 is 0 Å². The van der Waals surface area contributed by atoms with E-state index in [1.165, 1.54) is 81.4 Å². The first-order valence-corrected chi connectivity index (χ1v) is 17.4. The van der Waals surface area contributed by atoms with E-state index in [4.69, 9.17) is 4.74 Å². The van der Waals surface area contributed by atoms with Gasteiger partial charge in [-0.2, -0.15) is 0 Å². The van der Waals surface area contributed by atoms with Gasteiger partial charge in [-0.05, 0) is 58.2 Å². The van der Waals surface area contributed by atoms with Crippen LogP contribution in [0.4, 0.5) is 17.1 Å². The molecule has 0 N–H and O–H groups in total. The average Bonchev–Trinajstić information content (AvgIpc) is 3.49. The van der Waals surface area contributed by atoms with Crippen LogP contribution in [-0.2, 0) is 0 Å². The molecule has 0 radical (unpaired) electrons. The number of anilines is 3. The lowest BCUT2D eigenvalue weighted by Crippen LogP contribution is -2.64. The van der Waals surface area contributed by atoms with E-state index in [1.54, 1.807) is 0 Å². The summed E-state index contributed by atoms with van der Waals surface area (Å²) in [7, 11) is 0. The molecule has 12 rings (SSSR count). The minimum atomic E-state index is 0.0309. The lowest BCUT2D eigenvalue weighted by molar-refractivity contribution is 0.477. The smallest absolute Gasteiger partial charge is 0.256 e. The fraction of sp³-hybridized carbons (Fsp3) is 0. The number of para-hydroxylation sites is 5. The lowest BCUT2D eigenvalue weighted by Gasteiger charge is -2.45. The molecule has 0 unspecified atom stereocenters. The molecule has 0 saturated heterocycles. The number of nitrogens with zero attached hydrogens (tertiary/aromatic N) is 2. The third-order valence-corrected chi connectivity index (χ3v) is 12.1. The molecule has 3 nitrogen and oxygen atoms in total.